The number of amides is 1. The van der Waals surface area contributed by atoms with Crippen LogP contribution < -0.4 is 5.32 Å². The van der Waals surface area contributed by atoms with Gasteiger partial charge in [0.1, 0.15) is 11.0 Å². The molecule has 0 bridgehead atoms. The number of benzene rings is 2. The first-order chi connectivity index (χ1) is 10.7. The predicted octanol–water partition coefficient (Wildman–Crippen LogP) is 2.00. The van der Waals surface area contributed by atoms with Crippen LogP contribution in [0.5, 0.6) is 0 Å². The molecule has 0 spiro atoms. The lowest BCUT2D eigenvalue weighted by Gasteiger charge is -2.06. The lowest BCUT2D eigenvalue weighted by atomic mass is 10.1. The molecule has 1 amide bonds. The Balaban J connectivity index is 1.77. The molecule has 2 N–H and O–H groups in total. The standard InChI is InChI=1S/C15H12N4O3/c1-22-15(21)9-2-5-11(6-3-9)16-14(20)10-4-7-12-13(8-10)18-19-17-12/h2-8H,1H3,(H,16,20)(H,17,18,19). The molecule has 0 radical (unpaired) electrons. The number of aromatic nitrogens is 3. The van der Waals surface area contributed by atoms with Crippen molar-refractivity contribution in [3.05, 3.63) is 53.6 Å². The third-order valence-electron chi connectivity index (χ3n) is 3.14. The fourth-order valence-electron chi connectivity index (χ4n) is 1.99. The Morgan fingerprint density at radius 2 is 1.68 bits per heavy atom. The highest BCUT2D eigenvalue weighted by Gasteiger charge is 2.09. The minimum atomic E-state index is -0.422. The van der Waals surface area contributed by atoms with Crippen LogP contribution in [0.1, 0.15) is 20.7 Å². The van der Waals surface area contributed by atoms with Crippen molar-refractivity contribution in [1.82, 2.24) is 15.4 Å². The van der Waals surface area contributed by atoms with Gasteiger partial charge in [-0.15, -0.1) is 0 Å². The van der Waals surface area contributed by atoms with E-state index in [1.807, 2.05) is 0 Å². The number of fused-ring (bicyclic) bond motifs is 1. The second kappa shape index (κ2) is 5.65. The Morgan fingerprint density at radius 3 is 2.41 bits per heavy atom. The van der Waals surface area contributed by atoms with Crippen molar-refractivity contribution in [2.24, 2.45) is 0 Å². The second-order valence-corrected chi connectivity index (χ2v) is 4.55. The van der Waals surface area contributed by atoms with Gasteiger partial charge in [-0.25, -0.2) is 4.79 Å². The van der Waals surface area contributed by atoms with E-state index in [4.69, 9.17) is 0 Å². The molecule has 0 unspecified atom stereocenters. The molecule has 0 atom stereocenters. The Labute approximate surface area is 125 Å². The van der Waals surface area contributed by atoms with Crippen LogP contribution in [0.15, 0.2) is 42.5 Å². The third kappa shape index (κ3) is 2.64. The van der Waals surface area contributed by atoms with Gasteiger partial charge in [-0.05, 0) is 42.5 Å². The summed E-state index contributed by atoms with van der Waals surface area (Å²) in [5.74, 6) is -0.690. The fraction of sp³-hybridized carbons (Fsp3) is 0.0667. The molecule has 0 aliphatic carbocycles. The van der Waals surface area contributed by atoms with Crippen LogP contribution in [-0.2, 0) is 4.74 Å². The zero-order chi connectivity index (χ0) is 15.5. The number of carbonyl (C=O) groups is 2. The highest BCUT2D eigenvalue weighted by molar-refractivity contribution is 6.06. The van der Waals surface area contributed by atoms with Crippen LogP contribution >= 0.6 is 0 Å². The van der Waals surface area contributed by atoms with Gasteiger partial charge >= 0.3 is 5.97 Å². The maximum atomic E-state index is 12.2. The molecule has 0 aliphatic heterocycles. The number of methoxy groups -OCH3 is 1. The van der Waals surface area contributed by atoms with Gasteiger partial charge in [0.25, 0.3) is 5.91 Å². The Morgan fingerprint density at radius 1 is 1.00 bits per heavy atom. The predicted molar refractivity (Wildman–Crippen MR) is 79.6 cm³/mol. The van der Waals surface area contributed by atoms with Gasteiger partial charge in [0.15, 0.2) is 0 Å². The molecule has 3 aromatic rings. The molecular formula is C15H12N4O3. The zero-order valence-electron chi connectivity index (χ0n) is 11.7. The number of esters is 1. The van der Waals surface area contributed by atoms with Gasteiger partial charge in [-0.1, -0.05) is 0 Å². The monoisotopic (exact) mass is 296 g/mol. The van der Waals surface area contributed by atoms with Crippen LogP contribution in [-0.4, -0.2) is 34.4 Å². The molecule has 110 valence electrons. The number of nitrogens with one attached hydrogen (secondary N) is 2. The SMILES string of the molecule is COC(=O)c1ccc(NC(=O)c2ccc3n[nH]nc3c2)cc1. The average Bonchev–Trinajstić information content (AvgIpc) is 3.02. The lowest BCUT2D eigenvalue weighted by molar-refractivity contribution is 0.0600. The highest BCUT2D eigenvalue weighted by atomic mass is 16.5. The number of rotatable bonds is 3. The number of carbonyl (C=O) groups excluding carboxylic acids is 2. The number of nitrogens with zero attached hydrogens (tertiary/aromatic N) is 2. The maximum Gasteiger partial charge on any atom is 0.337 e. The molecule has 1 heterocycles. The maximum absolute atomic E-state index is 12.2. The molecule has 7 nitrogen and oxygen atoms in total. The summed E-state index contributed by atoms with van der Waals surface area (Å²) in [6.07, 6.45) is 0. The number of ether oxygens (including phenoxy) is 1. The van der Waals surface area contributed by atoms with E-state index < -0.39 is 5.97 Å². The quantitative estimate of drug-likeness (QED) is 0.720. The molecule has 22 heavy (non-hydrogen) atoms. The summed E-state index contributed by atoms with van der Waals surface area (Å²) in [5, 5.41) is 13.1. The van der Waals surface area contributed by atoms with E-state index in [0.717, 1.165) is 0 Å². The topological polar surface area (TPSA) is 97.0 Å². The van der Waals surface area contributed by atoms with Crippen molar-refractivity contribution in [2.75, 3.05) is 12.4 Å². The van der Waals surface area contributed by atoms with Gasteiger partial charge in [0.05, 0.1) is 12.7 Å². The van der Waals surface area contributed by atoms with Crippen LogP contribution in [0.3, 0.4) is 0 Å². The van der Waals surface area contributed by atoms with Crippen molar-refractivity contribution in [1.29, 1.82) is 0 Å². The number of H-pyrrole nitrogens is 1. The summed E-state index contributed by atoms with van der Waals surface area (Å²) >= 11 is 0. The van der Waals surface area contributed by atoms with Crippen molar-refractivity contribution in [3.8, 4) is 0 Å². The molecule has 1 aromatic heterocycles. The normalized spacial score (nSPS) is 10.4. The molecule has 0 saturated carbocycles. The van der Waals surface area contributed by atoms with E-state index in [-0.39, 0.29) is 5.91 Å². The summed E-state index contributed by atoms with van der Waals surface area (Å²) in [6.45, 7) is 0. The number of hydrogen-bond acceptors (Lipinski definition) is 5. The molecule has 0 fully saturated rings. The van der Waals surface area contributed by atoms with Gasteiger partial charge in [0.2, 0.25) is 0 Å². The fourth-order valence-corrected chi connectivity index (χ4v) is 1.99. The highest BCUT2D eigenvalue weighted by Crippen LogP contribution is 2.14. The molecule has 0 saturated heterocycles. The number of hydrogen-bond donors (Lipinski definition) is 2. The lowest BCUT2D eigenvalue weighted by Crippen LogP contribution is -2.12. The molecular weight excluding hydrogens is 284 g/mol. The molecule has 0 aliphatic rings. The largest absolute Gasteiger partial charge is 0.465 e. The van der Waals surface area contributed by atoms with Crippen LogP contribution in [0, 0.1) is 0 Å². The summed E-state index contributed by atoms with van der Waals surface area (Å²) in [5.41, 5.74) is 2.79. The summed E-state index contributed by atoms with van der Waals surface area (Å²) in [4.78, 5) is 23.5. The van der Waals surface area contributed by atoms with E-state index in [1.54, 1.807) is 42.5 Å². The Hall–Kier alpha value is -3.22. The average molecular weight is 296 g/mol. The summed E-state index contributed by atoms with van der Waals surface area (Å²) < 4.78 is 4.62. The number of aromatic amines is 1. The minimum absolute atomic E-state index is 0.268. The van der Waals surface area contributed by atoms with Crippen LogP contribution in [0.4, 0.5) is 5.69 Å². The van der Waals surface area contributed by atoms with E-state index in [9.17, 15) is 9.59 Å². The summed E-state index contributed by atoms with van der Waals surface area (Å²) in [7, 11) is 1.32. The first-order valence-corrected chi connectivity index (χ1v) is 6.47. The van der Waals surface area contributed by atoms with Gasteiger partial charge < -0.3 is 10.1 Å². The van der Waals surface area contributed by atoms with E-state index in [1.165, 1.54) is 7.11 Å². The van der Waals surface area contributed by atoms with Crippen molar-refractivity contribution in [3.63, 3.8) is 0 Å². The minimum Gasteiger partial charge on any atom is -0.465 e. The van der Waals surface area contributed by atoms with E-state index in [2.05, 4.69) is 25.5 Å². The van der Waals surface area contributed by atoms with Gasteiger partial charge in [0, 0.05) is 11.3 Å². The second-order valence-electron chi connectivity index (χ2n) is 4.55. The van der Waals surface area contributed by atoms with E-state index in [0.29, 0.717) is 27.8 Å². The van der Waals surface area contributed by atoms with E-state index >= 15 is 0 Å². The van der Waals surface area contributed by atoms with Gasteiger partial charge in [-0.3, -0.25) is 4.79 Å². The number of anilines is 1. The van der Waals surface area contributed by atoms with Gasteiger partial charge in [-0.2, -0.15) is 15.4 Å². The van der Waals surface area contributed by atoms with Crippen LogP contribution in [0.25, 0.3) is 11.0 Å². The summed E-state index contributed by atoms with van der Waals surface area (Å²) in [6, 6.07) is 11.5. The molecule has 2 aromatic carbocycles. The van der Waals surface area contributed by atoms with Crippen molar-refractivity contribution in [2.45, 2.75) is 0 Å². The Bertz CT molecular complexity index is 839. The third-order valence-corrected chi connectivity index (χ3v) is 3.14. The smallest absolute Gasteiger partial charge is 0.337 e. The first-order valence-electron chi connectivity index (χ1n) is 6.47. The van der Waals surface area contributed by atoms with Crippen molar-refractivity contribution < 1.29 is 14.3 Å². The zero-order valence-corrected chi connectivity index (χ0v) is 11.7. The molecule has 7 heteroatoms. The Kier molecular flexibility index (Phi) is 3.53. The molecule has 3 rings (SSSR count). The van der Waals surface area contributed by atoms with Crippen LogP contribution in [0.2, 0.25) is 0 Å². The van der Waals surface area contributed by atoms with Crippen molar-refractivity contribution >= 4 is 28.6 Å². The first kappa shape index (κ1) is 13.7.